The molecule has 20 heavy (non-hydrogen) atoms. The van der Waals surface area contributed by atoms with Crippen LogP contribution in [-0.2, 0) is 12.8 Å². The fraction of sp³-hybridized carbons (Fsp3) is 0.333. The van der Waals surface area contributed by atoms with Gasteiger partial charge in [-0.15, -0.1) is 11.8 Å². The average Bonchev–Trinajstić information content (AvgIpc) is 2.92. The van der Waals surface area contributed by atoms with Crippen molar-refractivity contribution >= 4 is 11.8 Å². The lowest BCUT2D eigenvalue weighted by Gasteiger charge is -2.16. The SMILES string of the molecule is Cc1cccc(C(CN)Sc2ccc3c(c2)CCC3)c1. The van der Waals surface area contributed by atoms with Crippen LogP contribution in [0, 0.1) is 6.92 Å². The van der Waals surface area contributed by atoms with E-state index in [2.05, 4.69) is 49.4 Å². The molecule has 0 saturated heterocycles. The van der Waals surface area contributed by atoms with Gasteiger partial charge in [0, 0.05) is 16.7 Å². The molecule has 0 fully saturated rings. The van der Waals surface area contributed by atoms with Gasteiger partial charge in [0.2, 0.25) is 0 Å². The highest BCUT2D eigenvalue weighted by molar-refractivity contribution is 7.99. The molecule has 0 radical (unpaired) electrons. The number of benzene rings is 2. The number of rotatable bonds is 4. The quantitative estimate of drug-likeness (QED) is 0.848. The molecular formula is C18H21NS. The maximum atomic E-state index is 5.99. The van der Waals surface area contributed by atoms with E-state index < -0.39 is 0 Å². The molecule has 1 unspecified atom stereocenters. The molecule has 0 saturated carbocycles. The number of nitrogens with two attached hydrogens (primary N) is 1. The summed E-state index contributed by atoms with van der Waals surface area (Å²) in [6.45, 7) is 2.81. The maximum Gasteiger partial charge on any atom is 0.0466 e. The van der Waals surface area contributed by atoms with Crippen molar-refractivity contribution in [3.05, 3.63) is 64.7 Å². The highest BCUT2D eigenvalue weighted by atomic mass is 32.2. The summed E-state index contributed by atoms with van der Waals surface area (Å²) < 4.78 is 0. The first-order valence-corrected chi connectivity index (χ1v) is 8.19. The zero-order valence-corrected chi connectivity index (χ0v) is 12.7. The van der Waals surface area contributed by atoms with E-state index in [1.54, 1.807) is 0 Å². The molecule has 1 aliphatic carbocycles. The molecule has 1 aliphatic rings. The van der Waals surface area contributed by atoms with E-state index in [0.717, 1.165) is 0 Å². The minimum Gasteiger partial charge on any atom is -0.329 e. The van der Waals surface area contributed by atoms with Crippen molar-refractivity contribution < 1.29 is 0 Å². The van der Waals surface area contributed by atoms with Crippen molar-refractivity contribution in [3.8, 4) is 0 Å². The molecule has 3 rings (SSSR count). The van der Waals surface area contributed by atoms with Crippen molar-refractivity contribution in [1.82, 2.24) is 0 Å². The topological polar surface area (TPSA) is 26.0 Å². The molecule has 0 bridgehead atoms. The Kier molecular flexibility index (Phi) is 4.13. The van der Waals surface area contributed by atoms with Gasteiger partial charge in [-0.25, -0.2) is 0 Å². The Morgan fingerprint density at radius 3 is 2.75 bits per heavy atom. The van der Waals surface area contributed by atoms with Gasteiger partial charge >= 0.3 is 0 Å². The number of hydrogen-bond acceptors (Lipinski definition) is 2. The van der Waals surface area contributed by atoms with Crippen LogP contribution < -0.4 is 5.73 Å². The molecule has 0 aromatic heterocycles. The van der Waals surface area contributed by atoms with Gasteiger partial charge in [-0.2, -0.15) is 0 Å². The standard InChI is InChI=1S/C18H21NS/c1-13-4-2-7-16(10-13)18(12-19)20-17-9-8-14-5-3-6-15(14)11-17/h2,4,7-11,18H,3,5-6,12,19H2,1H3. The van der Waals surface area contributed by atoms with Gasteiger partial charge in [0.25, 0.3) is 0 Å². The van der Waals surface area contributed by atoms with Gasteiger partial charge in [0.1, 0.15) is 0 Å². The lowest BCUT2D eigenvalue weighted by Crippen LogP contribution is -2.09. The smallest absolute Gasteiger partial charge is 0.0466 e. The van der Waals surface area contributed by atoms with Gasteiger partial charge in [0.05, 0.1) is 0 Å². The van der Waals surface area contributed by atoms with E-state index >= 15 is 0 Å². The first-order chi connectivity index (χ1) is 9.76. The molecule has 2 aromatic carbocycles. The zero-order valence-electron chi connectivity index (χ0n) is 11.9. The van der Waals surface area contributed by atoms with E-state index in [4.69, 9.17) is 5.73 Å². The number of aryl methyl sites for hydroxylation is 3. The second-order valence-corrected chi connectivity index (χ2v) is 6.82. The molecule has 104 valence electrons. The Bertz CT molecular complexity index is 606. The minimum atomic E-state index is 0.342. The summed E-state index contributed by atoms with van der Waals surface area (Å²) >= 11 is 1.89. The normalized spacial score (nSPS) is 15.1. The second kappa shape index (κ2) is 6.02. The lowest BCUT2D eigenvalue weighted by molar-refractivity contribution is 0.911. The molecule has 2 N–H and O–H groups in total. The number of thioether (sulfide) groups is 1. The third-order valence-electron chi connectivity index (χ3n) is 3.98. The van der Waals surface area contributed by atoms with Crippen molar-refractivity contribution in [3.63, 3.8) is 0 Å². The van der Waals surface area contributed by atoms with Gasteiger partial charge in [-0.3, -0.25) is 0 Å². The molecule has 2 heteroatoms. The van der Waals surface area contributed by atoms with Crippen molar-refractivity contribution in [2.45, 2.75) is 36.3 Å². The van der Waals surface area contributed by atoms with Crippen LogP contribution in [0.2, 0.25) is 0 Å². The molecule has 0 spiro atoms. The minimum absolute atomic E-state index is 0.342. The second-order valence-electron chi connectivity index (χ2n) is 5.54. The van der Waals surface area contributed by atoms with Crippen molar-refractivity contribution in [2.24, 2.45) is 5.73 Å². The molecule has 0 aliphatic heterocycles. The molecular weight excluding hydrogens is 262 g/mol. The highest BCUT2D eigenvalue weighted by Gasteiger charge is 2.15. The summed E-state index contributed by atoms with van der Waals surface area (Å²) in [6.07, 6.45) is 3.79. The van der Waals surface area contributed by atoms with Gasteiger partial charge in [-0.1, -0.05) is 35.9 Å². The summed E-state index contributed by atoms with van der Waals surface area (Å²) in [6, 6.07) is 15.6. The summed E-state index contributed by atoms with van der Waals surface area (Å²) in [5, 5.41) is 0.342. The van der Waals surface area contributed by atoms with Crippen LogP contribution in [0.25, 0.3) is 0 Å². The Labute approximate surface area is 125 Å². The first kappa shape index (κ1) is 13.7. The van der Waals surface area contributed by atoms with Gasteiger partial charge in [-0.05, 0) is 55.0 Å². The predicted molar refractivity (Wildman–Crippen MR) is 87.3 cm³/mol. The van der Waals surface area contributed by atoms with Crippen LogP contribution in [0.1, 0.15) is 33.9 Å². The first-order valence-electron chi connectivity index (χ1n) is 7.31. The van der Waals surface area contributed by atoms with Gasteiger partial charge in [0.15, 0.2) is 0 Å². The Hall–Kier alpha value is -1.25. The van der Waals surface area contributed by atoms with Crippen molar-refractivity contribution in [1.29, 1.82) is 0 Å². The third-order valence-corrected chi connectivity index (χ3v) is 5.25. The van der Waals surface area contributed by atoms with Crippen LogP contribution in [0.15, 0.2) is 47.4 Å². The highest BCUT2D eigenvalue weighted by Crippen LogP contribution is 2.36. The summed E-state index contributed by atoms with van der Waals surface area (Å²) in [5.41, 5.74) is 11.7. The fourth-order valence-electron chi connectivity index (χ4n) is 2.91. The van der Waals surface area contributed by atoms with E-state index in [0.29, 0.717) is 11.8 Å². The van der Waals surface area contributed by atoms with Crippen LogP contribution in [0.3, 0.4) is 0 Å². The maximum absolute atomic E-state index is 5.99. The number of hydrogen-bond donors (Lipinski definition) is 1. The Morgan fingerprint density at radius 2 is 1.95 bits per heavy atom. The van der Waals surface area contributed by atoms with E-state index in [1.807, 2.05) is 11.8 Å². The predicted octanol–water partition coefficient (Wildman–Crippen LogP) is 4.28. The number of fused-ring (bicyclic) bond motifs is 1. The molecule has 0 heterocycles. The summed E-state index contributed by atoms with van der Waals surface area (Å²) in [5.74, 6) is 0. The van der Waals surface area contributed by atoms with E-state index in [1.165, 1.54) is 46.4 Å². The average molecular weight is 283 g/mol. The van der Waals surface area contributed by atoms with Crippen LogP contribution >= 0.6 is 11.8 Å². The van der Waals surface area contributed by atoms with Crippen LogP contribution in [0.5, 0.6) is 0 Å². The monoisotopic (exact) mass is 283 g/mol. The third kappa shape index (κ3) is 2.92. The van der Waals surface area contributed by atoms with Crippen LogP contribution in [-0.4, -0.2) is 6.54 Å². The summed E-state index contributed by atoms with van der Waals surface area (Å²) in [7, 11) is 0. The largest absolute Gasteiger partial charge is 0.329 e. The Morgan fingerprint density at radius 1 is 1.10 bits per heavy atom. The Balaban J connectivity index is 1.81. The summed E-state index contributed by atoms with van der Waals surface area (Å²) in [4.78, 5) is 1.35. The van der Waals surface area contributed by atoms with E-state index in [-0.39, 0.29) is 0 Å². The van der Waals surface area contributed by atoms with Crippen molar-refractivity contribution in [2.75, 3.05) is 6.54 Å². The fourth-order valence-corrected chi connectivity index (χ4v) is 3.97. The molecule has 0 amide bonds. The molecule has 1 atom stereocenters. The van der Waals surface area contributed by atoms with E-state index in [9.17, 15) is 0 Å². The lowest BCUT2D eigenvalue weighted by atomic mass is 10.1. The molecule has 1 nitrogen and oxygen atoms in total. The van der Waals surface area contributed by atoms with Crippen LogP contribution in [0.4, 0.5) is 0 Å². The van der Waals surface area contributed by atoms with Gasteiger partial charge < -0.3 is 5.73 Å². The molecule has 2 aromatic rings. The zero-order chi connectivity index (χ0) is 13.9.